The lowest BCUT2D eigenvalue weighted by atomic mass is 9.96. The summed E-state index contributed by atoms with van der Waals surface area (Å²) >= 11 is 0. The Labute approximate surface area is 142 Å². The van der Waals surface area contributed by atoms with Crippen molar-refractivity contribution in [2.75, 3.05) is 0 Å². The van der Waals surface area contributed by atoms with Crippen LogP contribution in [0, 0.1) is 0 Å². The first-order chi connectivity index (χ1) is 11.7. The minimum atomic E-state index is -0.226. The lowest BCUT2D eigenvalue weighted by Gasteiger charge is -2.22. The topological polar surface area (TPSA) is 71.3 Å². The van der Waals surface area contributed by atoms with E-state index in [1.807, 2.05) is 42.0 Å². The van der Waals surface area contributed by atoms with Crippen molar-refractivity contribution in [2.45, 2.75) is 45.1 Å². The van der Waals surface area contributed by atoms with Crippen molar-refractivity contribution in [1.82, 2.24) is 20.3 Å². The molecule has 0 spiro atoms. The second-order valence-corrected chi connectivity index (χ2v) is 6.13. The molecule has 0 aliphatic heterocycles. The molecule has 0 radical (unpaired) electrons. The van der Waals surface area contributed by atoms with Gasteiger partial charge in [-0.1, -0.05) is 31.4 Å². The molecule has 1 heterocycles. The van der Waals surface area contributed by atoms with Gasteiger partial charge in [-0.05, 0) is 37.5 Å². The van der Waals surface area contributed by atoms with Crippen molar-refractivity contribution in [3.05, 3.63) is 48.5 Å². The van der Waals surface area contributed by atoms with E-state index in [0.717, 1.165) is 29.8 Å². The molecule has 2 amide bonds. The fraction of sp³-hybridized carbons (Fsp3) is 0.389. The predicted molar refractivity (Wildman–Crippen MR) is 94.3 cm³/mol. The first kappa shape index (κ1) is 16.2. The van der Waals surface area contributed by atoms with Gasteiger partial charge in [-0.25, -0.2) is 15.2 Å². The highest BCUT2D eigenvalue weighted by molar-refractivity contribution is 5.99. The quantitative estimate of drug-likeness (QED) is 0.669. The highest BCUT2D eigenvalue weighted by Gasteiger charge is 2.15. The first-order valence-corrected chi connectivity index (χ1v) is 8.42. The summed E-state index contributed by atoms with van der Waals surface area (Å²) in [5, 5.41) is 7.17. The molecule has 6 nitrogen and oxygen atoms in total. The summed E-state index contributed by atoms with van der Waals surface area (Å²) in [6.45, 7) is 1.88. The molecule has 1 aliphatic carbocycles. The minimum absolute atomic E-state index is 0.226. The van der Waals surface area contributed by atoms with Gasteiger partial charge >= 0.3 is 6.03 Å². The lowest BCUT2D eigenvalue weighted by Crippen LogP contribution is -2.41. The van der Waals surface area contributed by atoms with Crippen LogP contribution in [-0.2, 0) is 0 Å². The summed E-state index contributed by atoms with van der Waals surface area (Å²) in [5.41, 5.74) is 5.37. The summed E-state index contributed by atoms with van der Waals surface area (Å²) < 4.78 is 1.94. The number of carbonyl (C=O) groups excluding carboxylic acids is 1. The zero-order valence-electron chi connectivity index (χ0n) is 13.9. The fourth-order valence-electron chi connectivity index (χ4n) is 2.95. The average Bonchev–Trinajstić information content (AvgIpc) is 3.15. The maximum absolute atomic E-state index is 11.9. The molecule has 2 aromatic rings. The van der Waals surface area contributed by atoms with Crippen LogP contribution in [0.25, 0.3) is 5.69 Å². The van der Waals surface area contributed by atoms with Gasteiger partial charge in [-0.3, -0.25) is 0 Å². The second kappa shape index (κ2) is 7.77. The Bertz CT molecular complexity index is 685. The maximum atomic E-state index is 11.9. The number of aromatic nitrogens is 2. The monoisotopic (exact) mass is 325 g/mol. The van der Waals surface area contributed by atoms with Gasteiger partial charge in [0.2, 0.25) is 0 Å². The van der Waals surface area contributed by atoms with E-state index < -0.39 is 0 Å². The Morgan fingerprint density at radius 3 is 2.62 bits per heavy atom. The Morgan fingerprint density at radius 1 is 1.21 bits per heavy atom. The van der Waals surface area contributed by atoms with Gasteiger partial charge in [0.25, 0.3) is 0 Å². The molecule has 24 heavy (non-hydrogen) atoms. The van der Waals surface area contributed by atoms with Crippen LogP contribution in [0.15, 0.2) is 48.1 Å². The van der Waals surface area contributed by atoms with Gasteiger partial charge in [-0.15, -0.1) is 0 Å². The van der Waals surface area contributed by atoms with Crippen LogP contribution in [0.4, 0.5) is 4.79 Å². The van der Waals surface area contributed by atoms with Crippen LogP contribution < -0.4 is 10.7 Å². The largest absolute Gasteiger partial charge is 0.335 e. The molecular weight excluding hydrogens is 302 g/mol. The molecule has 3 rings (SSSR count). The minimum Gasteiger partial charge on any atom is -0.334 e. The molecule has 6 heteroatoms. The molecule has 2 N–H and O–H groups in total. The van der Waals surface area contributed by atoms with E-state index in [4.69, 9.17) is 0 Å². The molecule has 1 aromatic heterocycles. The Kier molecular flexibility index (Phi) is 5.25. The van der Waals surface area contributed by atoms with E-state index in [2.05, 4.69) is 20.8 Å². The van der Waals surface area contributed by atoms with Gasteiger partial charge in [0, 0.05) is 24.1 Å². The van der Waals surface area contributed by atoms with E-state index in [-0.39, 0.29) is 12.1 Å². The van der Waals surface area contributed by atoms with Crippen molar-refractivity contribution >= 4 is 11.7 Å². The van der Waals surface area contributed by atoms with E-state index in [0.29, 0.717) is 0 Å². The Morgan fingerprint density at radius 2 is 1.96 bits per heavy atom. The van der Waals surface area contributed by atoms with E-state index >= 15 is 0 Å². The molecule has 1 aliphatic rings. The molecule has 0 saturated heterocycles. The highest BCUT2D eigenvalue weighted by Crippen LogP contribution is 2.17. The van der Waals surface area contributed by atoms with E-state index in [1.165, 1.54) is 19.3 Å². The van der Waals surface area contributed by atoms with Crippen molar-refractivity contribution < 1.29 is 4.79 Å². The smallest absolute Gasteiger partial charge is 0.334 e. The number of carbonyl (C=O) groups is 1. The second-order valence-electron chi connectivity index (χ2n) is 6.13. The van der Waals surface area contributed by atoms with Crippen molar-refractivity contribution in [3.63, 3.8) is 0 Å². The number of nitrogens with one attached hydrogen (secondary N) is 2. The maximum Gasteiger partial charge on any atom is 0.335 e. The normalized spacial score (nSPS) is 16.0. The molecule has 0 atom stereocenters. The number of rotatable bonds is 4. The summed E-state index contributed by atoms with van der Waals surface area (Å²) in [6.07, 6.45) is 11.2. The van der Waals surface area contributed by atoms with Crippen molar-refractivity contribution in [2.24, 2.45) is 5.10 Å². The number of hydrogen-bond donors (Lipinski definition) is 2. The van der Waals surface area contributed by atoms with Gasteiger partial charge in [0.1, 0.15) is 0 Å². The number of benzene rings is 1. The molecular formula is C18H23N5O. The molecule has 126 valence electrons. The number of hydrogen-bond acceptors (Lipinski definition) is 3. The van der Waals surface area contributed by atoms with Crippen molar-refractivity contribution in [3.8, 4) is 5.69 Å². The molecule has 1 aromatic carbocycles. The number of amides is 2. The molecule has 1 saturated carbocycles. The average molecular weight is 325 g/mol. The zero-order chi connectivity index (χ0) is 16.8. The summed E-state index contributed by atoms with van der Waals surface area (Å²) in [5.74, 6) is 0. The van der Waals surface area contributed by atoms with E-state index in [9.17, 15) is 4.79 Å². The lowest BCUT2D eigenvalue weighted by molar-refractivity contribution is 0.233. The van der Waals surface area contributed by atoms with Gasteiger partial charge in [0.05, 0.1) is 12.0 Å². The van der Waals surface area contributed by atoms with Crippen LogP contribution in [0.1, 0.15) is 44.6 Å². The highest BCUT2D eigenvalue weighted by atomic mass is 16.2. The third-order valence-corrected chi connectivity index (χ3v) is 4.35. The molecule has 0 bridgehead atoms. The van der Waals surface area contributed by atoms with Crippen LogP contribution in [0.3, 0.4) is 0 Å². The van der Waals surface area contributed by atoms with Crippen LogP contribution in [0.5, 0.6) is 0 Å². The summed E-state index contributed by atoms with van der Waals surface area (Å²) in [6, 6.07) is 8.01. The SMILES string of the molecule is C/C(=N\NC(=O)NC1CCCCC1)c1ccc(-n2ccnc2)cc1. The standard InChI is InChI=1S/C18H23N5O/c1-14(21-22-18(24)20-16-5-3-2-4-6-16)15-7-9-17(10-8-15)23-12-11-19-13-23/h7-13,16H,2-6H2,1H3,(H2,20,22,24)/b21-14+. The van der Waals surface area contributed by atoms with Gasteiger partial charge < -0.3 is 9.88 Å². The molecule has 1 fully saturated rings. The Balaban J connectivity index is 1.55. The zero-order valence-corrected chi connectivity index (χ0v) is 13.9. The number of urea groups is 1. The van der Waals surface area contributed by atoms with Crippen LogP contribution in [0.2, 0.25) is 0 Å². The van der Waals surface area contributed by atoms with E-state index in [1.54, 1.807) is 12.5 Å². The third-order valence-electron chi connectivity index (χ3n) is 4.35. The van der Waals surface area contributed by atoms with Crippen LogP contribution >= 0.6 is 0 Å². The van der Waals surface area contributed by atoms with Crippen molar-refractivity contribution in [1.29, 1.82) is 0 Å². The fourth-order valence-corrected chi connectivity index (χ4v) is 2.95. The van der Waals surface area contributed by atoms with Crippen LogP contribution in [-0.4, -0.2) is 27.3 Å². The molecule has 0 unspecified atom stereocenters. The number of hydrazone groups is 1. The summed E-state index contributed by atoms with van der Waals surface area (Å²) in [7, 11) is 0. The number of nitrogens with zero attached hydrogens (tertiary/aromatic N) is 3. The summed E-state index contributed by atoms with van der Waals surface area (Å²) in [4.78, 5) is 16.0. The first-order valence-electron chi connectivity index (χ1n) is 8.42. The Hall–Kier alpha value is -2.63. The predicted octanol–water partition coefficient (Wildman–Crippen LogP) is 3.23. The van der Waals surface area contributed by atoms with Gasteiger partial charge in [-0.2, -0.15) is 5.10 Å². The van der Waals surface area contributed by atoms with Gasteiger partial charge in [0.15, 0.2) is 0 Å². The third kappa shape index (κ3) is 4.22. The number of imidazole rings is 1.